The smallest absolute Gasteiger partial charge is 0.243 e. The Balaban J connectivity index is 1.97. The second kappa shape index (κ2) is 6.31. The maximum atomic E-state index is 12.9. The van der Waals surface area contributed by atoms with Crippen molar-refractivity contribution in [1.82, 2.24) is 4.31 Å². The number of ether oxygens (including phenoxy) is 1. The number of hydrogen-bond donors (Lipinski definition) is 1. The Morgan fingerprint density at radius 2 is 1.78 bits per heavy atom. The highest BCUT2D eigenvalue weighted by Crippen LogP contribution is 2.29. The fourth-order valence-corrected chi connectivity index (χ4v) is 4.48. The molecule has 5 nitrogen and oxygen atoms in total. The van der Waals surface area contributed by atoms with Crippen molar-refractivity contribution >= 4 is 10.0 Å². The van der Waals surface area contributed by atoms with E-state index >= 15 is 0 Å². The Hall–Kier alpha value is -1.89. The maximum absolute atomic E-state index is 12.9. The van der Waals surface area contributed by atoms with E-state index in [1.54, 1.807) is 12.1 Å². The second-order valence-corrected chi connectivity index (χ2v) is 7.43. The first-order chi connectivity index (χ1) is 11.1. The van der Waals surface area contributed by atoms with Crippen LogP contribution >= 0.6 is 0 Å². The molecule has 3 rings (SSSR count). The predicted octanol–water partition coefficient (Wildman–Crippen LogP) is 1.80. The van der Waals surface area contributed by atoms with Crippen molar-refractivity contribution in [3.8, 4) is 5.75 Å². The summed E-state index contributed by atoms with van der Waals surface area (Å²) in [5.41, 5.74) is 2.07. The maximum Gasteiger partial charge on any atom is 0.243 e. The van der Waals surface area contributed by atoms with Crippen LogP contribution in [0.2, 0.25) is 0 Å². The van der Waals surface area contributed by atoms with E-state index in [1.807, 2.05) is 24.3 Å². The number of aliphatic hydroxyl groups is 1. The molecule has 0 fully saturated rings. The predicted molar refractivity (Wildman–Crippen MR) is 86.7 cm³/mol. The molecule has 2 aromatic carbocycles. The average molecular weight is 333 g/mol. The van der Waals surface area contributed by atoms with Gasteiger partial charge in [-0.15, -0.1) is 0 Å². The van der Waals surface area contributed by atoms with Crippen LogP contribution in [-0.4, -0.2) is 37.6 Å². The number of hydrogen-bond acceptors (Lipinski definition) is 4. The molecule has 1 aliphatic rings. The molecule has 0 aliphatic carbocycles. The van der Waals surface area contributed by atoms with E-state index in [4.69, 9.17) is 4.74 Å². The molecule has 6 heteroatoms. The molecule has 2 aromatic rings. The van der Waals surface area contributed by atoms with Crippen molar-refractivity contribution in [2.24, 2.45) is 0 Å². The van der Waals surface area contributed by atoms with Gasteiger partial charge in [-0.25, -0.2) is 8.42 Å². The van der Waals surface area contributed by atoms with E-state index in [0.717, 1.165) is 11.1 Å². The Kier molecular flexibility index (Phi) is 4.39. The van der Waals surface area contributed by atoms with Crippen molar-refractivity contribution in [3.05, 3.63) is 59.7 Å². The molecule has 23 heavy (non-hydrogen) atoms. The van der Waals surface area contributed by atoms with Crippen LogP contribution in [-0.2, 0) is 23.0 Å². The number of nitrogens with zero attached hydrogens (tertiary/aromatic N) is 1. The van der Waals surface area contributed by atoms with Crippen LogP contribution in [0, 0.1) is 0 Å². The van der Waals surface area contributed by atoms with Crippen LogP contribution in [0.4, 0.5) is 0 Å². The highest BCUT2D eigenvalue weighted by molar-refractivity contribution is 7.89. The van der Waals surface area contributed by atoms with Gasteiger partial charge < -0.3 is 9.84 Å². The van der Waals surface area contributed by atoms with Gasteiger partial charge in [-0.3, -0.25) is 0 Å². The zero-order valence-electron chi connectivity index (χ0n) is 12.8. The van der Waals surface area contributed by atoms with Gasteiger partial charge in [-0.2, -0.15) is 4.31 Å². The van der Waals surface area contributed by atoms with Gasteiger partial charge in [-0.1, -0.05) is 24.3 Å². The summed E-state index contributed by atoms with van der Waals surface area (Å²) >= 11 is 0. The summed E-state index contributed by atoms with van der Waals surface area (Å²) in [5.74, 6) is 0.603. The molecule has 0 saturated heterocycles. The van der Waals surface area contributed by atoms with Gasteiger partial charge in [0.15, 0.2) is 0 Å². The van der Waals surface area contributed by atoms with Crippen LogP contribution in [0.15, 0.2) is 53.4 Å². The lowest BCUT2D eigenvalue weighted by atomic mass is 9.96. The third-order valence-electron chi connectivity index (χ3n) is 4.18. The first-order valence-electron chi connectivity index (χ1n) is 7.40. The molecule has 0 aromatic heterocycles. The van der Waals surface area contributed by atoms with Crippen LogP contribution in [0.1, 0.15) is 11.1 Å². The number of sulfonamides is 1. The summed E-state index contributed by atoms with van der Waals surface area (Å²) in [6.45, 7) is 0.0689. The third kappa shape index (κ3) is 2.97. The molecule has 122 valence electrons. The normalized spacial score (nSPS) is 18.4. The Labute approximate surface area is 136 Å². The molecular weight excluding hydrogens is 314 g/mol. The largest absolute Gasteiger partial charge is 0.497 e. The first-order valence-corrected chi connectivity index (χ1v) is 8.84. The SMILES string of the molecule is COc1ccc(S(=O)(=O)N2Cc3ccccc3CC2CO)cc1. The van der Waals surface area contributed by atoms with Crippen LogP contribution in [0.25, 0.3) is 0 Å². The quantitative estimate of drug-likeness (QED) is 0.926. The molecule has 0 amide bonds. The lowest BCUT2D eigenvalue weighted by molar-refractivity contribution is 0.173. The van der Waals surface area contributed by atoms with E-state index < -0.39 is 16.1 Å². The van der Waals surface area contributed by atoms with Gasteiger partial charge in [0.1, 0.15) is 5.75 Å². The van der Waals surface area contributed by atoms with E-state index in [1.165, 1.54) is 23.5 Å². The third-order valence-corrected chi connectivity index (χ3v) is 6.10. The van der Waals surface area contributed by atoms with Crippen molar-refractivity contribution in [3.63, 3.8) is 0 Å². The zero-order chi connectivity index (χ0) is 16.4. The Morgan fingerprint density at radius 1 is 1.13 bits per heavy atom. The van der Waals surface area contributed by atoms with E-state index in [2.05, 4.69) is 0 Å². The van der Waals surface area contributed by atoms with Gasteiger partial charge >= 0.3 is 0 Å². The lowest BCUT2D eigenvalue weighted by Crippen LogP contribution is -2.46. The van der Waals surface area contributed by atoms with Gasteiger partial charge in [0.05, 0.1) is 24.7 Å². The second-order valence-electron chi connectivity index (χ2n) is 5.54. The monoisotopic (exact) mass is 333 g/mol. The lowest BCUT2D eigenvalue weighted by Gasteiger charge is -2.34. The summed E-state index contributed by atoms with van der Waals surface area (Å²) in [5, 5.41) is 9.65. The van der Waals surface area contributed by atoms with E-state index in [-0.39, 0.29) is 18.0 Å². The molecule has 0 saturated carbocycles. The summed E-state index contributed by atoms with van der Waals surface area (Å²) in [6.07, 6.45) is 0.516. The molecular formula is C17H19NO4S. The molecule has 1 atom stereocenters. The number of fused-ring (bicyclic) bond motifs is 1. The fourth-order valence-electron chi connectivity index (χ4n) is 2.88. The highest BCUT2D eigenvalue weighted by atomic mass is 32.2. The van der Waals surface area contributed by atoms with Crippen molar-refractivity contribution in [2.45, 2.75) is 23.9 Å². The molecule has 1 unspecified atom stereocenters. The summed E-state index contributed by atoms with van der Waals surface area (Å²) in [7, 11) is -2.14. The average Bonchev–Trinajstić information content (AvgIpc) is 2.60. The first kappa shape index (κ1) is 16.0. The van der Waals surface area contributed by atoms with Crippen molar-refractivity contribution < 1.29 is 18.3 Å². The molecule has 0 radical (unpaired) electrons. The zero-order valence-corrected chi connectivity index (χ0v) is 13.7. The summed E-state index contributed by atoms with van der Waals surface area (Å²) in [6, 6.07) is 13.6. The van der Waals surface area contributed by atoms with Crippen LogP contribution in [0.5, 0.6) is 5.75 Å². The van der Waals surface area contributed by atoms with Crippen molar-refractivity contribution in [1.29, 1.82) is 0 Å². The van der Waals surface area contributed by atoms with Gasteiger partial charge in [0.2, 0.25) is 10.0 Å². The van der Waals surface area contributed by atoms with Gasteiger partial charge in [-0.05, 0) is 41.8 Å². The van der Waals surface area contributed by atoms with Gasteiger partial charge in [0, 0.05) is 6.54 Å². The molecule has 1 heterocycles. The highest BCUT2D eigenvalue weighted by Gasteiger charge is 2.35. The molecule has 1 aliphatic heterocycles. The summed E-state index contributed by atoms with van der Waals surface area (Å²) in [4.78, 5) is 0.205. The number of rotatable bonds is 4. The fraction of sp³-hybridized carbons (Fsp3) is 0.294. The molecule has 1 N–H and O–H groups in total. The standard InChI is InChI=1S/C17H19NO4S/c1-22-16-6-8-17(9-7-16)23(20,21)18-11-14-5-3-2-4-13(14)10-15(18)12-19/h2-9,15,19H,10-12H2,1H3. The van der Waals surface area contributed by atoms with E-state index in [0.29, 0.717) is 12.2 Å². The minimum absolute atomic E-state index is 0.205. The number of aliphatic hydroxyl groups excluding tert-OH is 1. The minimum atomic E-state index is -3.67. The minimum Gasteiger partial charge on any atom is -0.497 e. The topological polar surface area (TPSA) is 66.8 Å². The van der Waals surface area contributed by atoms with Crippen LogP contribution < -0.4 is 4.74 Å². The Bertz CT molecular complexity index is 786. The summed E-state index contributed by atoms with van der Waals surface area (Å²) < 4.78 is 32.3. The number of benzene rings is 2. The van der Waals surface area contributed by atoms with E-state index in [9.17, 15) is 13.5 Å². The Morgan fingerprint density at radius 3 is 2.39 bits per heavy atom. The van der Waals surface area contributed by atoms with Gasteiger partial charge in [0.25, 0.3) is 0 Å². The van der Waals surface area contributed by atoms with Crippen LogP contribution in [0.3, 0.4) is 0 Å². The number of methoxy groups -OCH3 is 1. The van der Waals surface area contributed by atoms with Crippen molar-refractivity contribution in [2.75, 3.05) is 13.7 Å². The molecule has 0 bridgehead atoms. The molecule has 0 spiro atoms.